The molecule has 0 fully saturated rings. The first kappa shape index (κ1) is 18.7. The molecule has 0 aliphatic carbocycles. The number of rotatable bonds is 4. The number of thiophene rings is 1. The van der Waals surface area contributed by atoms with E-state index in [0.29, 0.717) is 22.5 Å². The number of aromatic nitrogens is 2. The van der Waals surface area contributed by atoms with Crippen LogP contribution in [0.3, 0.4) is 0 Å². The Morgan fingerprint density at radius 2 is 1.93 bits per heavy atom. The summed E-state index contributed by atoms with van der Waals surface area (Å²) in [6, 6.07) is 14.0. The van der Waals surface area contributed by atoms with Crippen molar-refractivity contribution in [2.24, 2.45) is 0 Å². The van der Waals surface area contributed by atoms with E-state index < -0.39 is 6.04 Å². The third-order valence-corrected chi connectivity index (χ3v) is 6.23. The molecule has 1 amide bonds. The number of amides is 1. The molecule has 1 atom stereocenters. The number of nitrogens with one attached hydrogen (secondary N) is 1. The van der Waals surface area contributed by atoms with Crippen LogP contribution < -0.4 is 10.9 Å². The van der Waals surface area contributed by atoms with Crippen LogP contribution in [0.5, 0.6) is 0 Å². The summed E-state index contributed by atoms with van der Waals surface area (Å²) in [5, 5.41) is 9.45. The average molecular weight is 412 g/mol. The summed E-state index contributed by atoms with van der Waals surface area (Å²) >= 11 is 7.45. The second kappa shape index (κ2) is 7.37. The molecule has 7 heteroatoms. The zero-order chi connectivity index (χ0) is 19.8. The number of hydrogen-bond acceptors (Lipinski definition) is 4. The third kappa shape index (κ3) is 3.19. The molecule has 0 saturated carbocycles. The Hall–Kier alpha value is -2.70. The Morgan fingerprint density at radius 1 is 1.21 bits per heavy atom. The average Bonchev–Trinajstić information content (AvgIpc) is 3.08. The molecule has 1 N–H and O–H groups in total. The first-order valence-corrected chi connectivity index (χ1v) is 10.2. The molecule has 0 bridgehead atoms. The normalized spacial score (nSPS) is 12.4. The number of hydrogen-bond donors (Lipinski definition) is 1. The van der Waals surface area contributed by atoms with Crippen LogP contribution in [0.25, 0.3) is 20.2 Å². The quantitative estimate of drug-likeness (QED) is 0.504. The van der Waals surface area contributed by atoms with Crippen molar-refractivity contribution in [1.29, 1.82) is 0 Å². The summed E-state index contributed by atoms with van der Waals surface area (Å²) in [5.41, 5.74) is 1.13. The van der Waals surface area contributed by atoms with Crippen LogP contribution >= 0.6 is 22.9 Å². The fourth-order valence-corrected chi connectivity index (χ4v) is 4.58. The number of carbonyl (C=O) groups is 1. The predicted octanol–water partition coefficient (Wildman–Crippen LogP) is 5.16. The van der Waals surface area contributed by atoms with Gasteiger partial charge in [-0.25, -0.2) is 4.68 Å². The Kier molecular flexibility index (Phi) is 4.91. The van der Waals surface area contributed by atoms with Gasteiger partial charge < -0.3 is 5.32 Å². The predicted molar refractivity (Wildman–Crippen MR) is 116 cm³/mol. The van der Waals surface area contributed by atoms with Crippen LogP contribution in [0.1, 0.15) is 25.1 Å². The van der Waals surface area contributed by atoms with Crippen molar-refractivity contribution in [2.45, 2.75) is 26.3 Å². The number of anilines is 1. The van der Waals surface area contributed by atoms with E-state index in [0.717, 1.165) is 20.5 Å². The Bertz CT molecular complexity index is 1240. The molecule has 0 saturated heterocycles. The number of halogens is 1. The second-order valence-electron chi connectivity index (χ2n) is 6.56. The maximum Gasteiger partial charge on any atom is 0.276 e. The topological polar surface area (TPSA) is 64.0 Å². The SMILES string of the molecule is CC[C@@H](C(=O)Nc1ccc(Cl)cc1)n1nc(C)c2sc3ccccc3c2c1=O. The van der Waals surface area contributed by atoms with Crippen LogP contribution in [0.15, 0.2) is 53.3 Å². The highest BCUT2D eigenvalue weighted by Gasteiger charge is 2.24. The third-order valence-electron chi connectivity index (χ3n) is 4.70. The maximum absolute atomic E-state index is 13.3. The fourth-order valence-electron chi connectivity index (χ4n) is 3.32. The first-order chi connectivity index (χ1) is 13.5. The molecular formula is C21H18ClN3O2S. The molecule has 142 valence electrons. The summed E-state index contributed by atoms with van der Waals surface area (Å²) in [6.07, 6.45) is 0.444. The molecule has 0 radical (unpaired) electrons. The van der Waals surface area contributed by atoms with E-state index in [4.69, 9.17) is 11.6 Å². The monoisotopic (exact) mass is 411 g/mol. The van der Waals surface area contributed by atoms with Gasteiger partial charge in [0.2, 0.25) is 5.91 Å². The van der Waals surface area contributed by atoms with Crippen LogP contribution in [0.2, 0.25) is 5.02 Å². The van der Waals surface area contributed by atoms with Gasteiger partial charge in [0.15, 0.2) is 0 Å². The summed E-state index contributed by atoms with van der Waals surface area (Å²) in [7, 11) is 0. The van der Waals surface area contributed by atoms with Crippen molar-refractivity contribution in [1.82, 2.24) is 9.78 Å². The molecule has 2 aromatic carbocycles. The number of aryl methyl sites for hydroxylation is 1. The zero-order valence-electron chi connectivity index (χ0n) is 15.4. The van der Waals surface area contributed by atoms with Crippen LogP contribution in [-0.2, 0) is 4.79 Å². The molecule has 2 heterocycles. The van der Waals surface area contributed by atoms with Crippen molar-refractivity contribution in [3.05, 3.63) is 69.6 Å². The fraction of sp³-hybridized carbons (Fsp3) is 0.190. The van der Waals surface area contributed by atoms with Gasteiger partial charge in [0.1, 0.15) is 6.04 Å². The molecule has 4 rings (SSSR count). The van der Waals surface area contributed by atoms with Gasteiger partial charge in [0.25, 0.3) is 5.56 Å². The highest BCUT2D eigenvalue weighted by Crippen LogP contribution is 2.33. The molecule has 4 aromatic rings. The summed E-state index contributed by atoms with van der Waals surface area (Å²) in [5.74, 6) is -0.280. The minimum absolute atomic E-state index is 0.240. The van der Waals surface area contributed by atoms with Gasteiger partial charge in [-0.2, -0.15) is 5.10 Å². The lowest BCUT2D eigenvalue weighted by molar-refractivity contribution is -0.119. The largest absolute Gasteiger partial charge is 0.324 e. The standard InChI is InChI=1S/C21H18ClN3O2S/c1-3-16(20(26)23-14-10-8-13(22)9-11-14)25-21(27)18-15-6-4-5-7-17(15)28-19(18)12(2)24-25/h4-11,16H,3H2,1-2H3,(H,23,26)/t16-/m0/s1. The van der Waals surface area contributed by atoms with E-state index in [1.54, 1.807) is 35.6 Å². The summed E-state index contributed by atoms with van der Waals surface area (Å²) in [6.45, 7) is 3.74. The van der Waals surface area contributed by atoms with Gasteiger partial charge >= 0.3 is 0 Å². The van der Waals surface area contributed by atoms with Crippen molar-refractivity contribution in [3.63, 3.8) is 0 Å². The van der Waals surface area contributed by atoms with Gasteiger partial charge in [0, 0.05) is 20.8 Å². The first-order valence-electron chi connectivity index (χ1n) is 8.96. The zero-order valence-corrected chi connectivity index (χ0v) is 17.0. The number of carbonyl (C=O) groups excluding carboxylic acids is 1. The van der Waals surface area contributed by atoms with Gasteiger partial charge in [-0.15, -0.1) is 11.3 Å². The van der Waals surface area contributed by atoms with Crippen molar-refractivity contribution in [2.75, 3.05) is 5.32 Å². The highest BCUT2D eigenvalue weighted by atomic mass is 35.5. The van der Waals surface area contributed by atoms with E-state index in [1.165, 1.54) is 4.68 Å². The van der Waals surface area contributed by atoms with Gasteiger partial charge in [-0.1, -0.05) is 36.7 Å². The Labute approximate surface area is 170 Å². The molecule has 0 unspecified atom stereocenters. The smallest absolute Gasteiger partial charge is 0.276 e. The lowest BCUT2D eigenvalue weighted by Crippen LogP contribution is -2.35. The van der Waals surface area contributed by atoms with E-state index >= 15 is 0 Å². The number of benzene rings is 2. The van der Waals surface area contributed by atoms with Crippen molar-refractivity contribution >= 4 is 54.7 Å². The van der Waals surface area contributed by atoms with Crippen molar-refractivity contribution in [3.8, 4) is 0 Å². The Morgan fingerprint density at radius 3 is 2.64 bits per heavy atom. The van der Waals surface area contributed by atoms with Gasteiger partial charge in [-0.05, 0) is 43.7 Å². The second-order valence-corrected chi connectivity index (χ2v) is 8.05. The number of fused-ring (bicyclic) bond motifs is 3. The van der Waals surface area contributed by atoms with E-state index in [-0.39, 0.29) is 11.5 Å². The highest BCUT2D eigenvalue weighted by molar-refractivity contribution is 7.26. The minimum atomic E-state index is -0.704. The van der Waals surface area contributed by atoms with E-state index in [1.807, 2.05) is 38.1 Å². The lowest BCUT2D eigenvalue weighted by Gasteiger charge is -2.17. The van der Waals surface area contributed by atoms with Crippen LogP contribution in [0.4, 0.5) is 5.69 Å². The summed E-state index contributed by atoms with van der Waals surface area (Å²) < 4.78 is 3.23. The molecular weight excluding hydrogens is 394 g/mol. The van der Waals surface area contributed by atoms with Crippen LogP contribution in [-0.4, -0.2) is 15.7 Å². The maximum atomic E-state index is 13.3. The van der Waals surface area contributed by atoms with E-state index in [2.05, 4.69) is 10.4 Å². The van der Waals surface area contributed by atoms with E-state index in [9.17, 15) is 9.59 Å². The Balaban J connectivity index is 1.80. The lowest BCUT2D eigenvalue weighted by atomic mass is 10.1. The number of nitrogens with zero attached hydrogens (tertiary/aromatic N) is 2. The van der Waals surface area contributed by atoms with Gasteiger partial charge in [-0.3, -0.25) is 9.59 Å². The molecule has 2 aromatic heterocycles. The molecule has 0 spiro atoms. The van der Waals surface area contributed by atoms with Gasteiger partial charge in [0.05, 0.1) is 15.8 Å². The molecule has 28 heavy (non-hydrogen) atoms. The minimum Gasteiger partial charge on any atom is -0.324 e. The molecule has 0 aliphatic rings. The molecule has 0 aliphatic heterocycles. The van der Waals surface area contributed by atoms with Crippen molar-refractivity contribution < 1.29 is 4.79 Å². The van der Waals surface area contributed by atoms with Crippen LogP contribution in [0, 0.1) is 6.92 Å². The molecule has 5 nitrogen and oxygen atoms in total. The summed E-state index contributed by atoms with van der Waals surface area (Å²) in [4.78, 5) is 26.2.